The Kier molecular flexibility index (Phi) is 14.6. The number of alkyl halides is 1. The Hall–Kier alpha value is -3.61. The van der Waals surface area contributed by atoms with E-state index in [0.29, 0.717) is 25.3 Å². The summed E-state index contributed by atoms with van der Waals surface area (Å²) in [7, 11) is 0. The number of ether oxygens (including phenoxy) is 1. The van der Waals surface area contributed by atoms with Crippen LogP contribution in [0.25, 0.3) is 11.1 Å². The smallest absolute Gasteiger partial charge is 0.237 e. The Labute approximate surface area is 284 Å². The van der Waals surface area contributed by atoms with Gasteiger partial charge in [-0.2, -0.15) is 0 Å². The summed E-state index contributed by atoms with van der Waals surface area (Å²) in [6, 6.07) is 13.6. The number of nitrogens with zero attached hydrogens (tertiary/aromatic N) is 2. The number of carbonyl (C=O) groups excluding carboxylic acids is 3. The first-order valence-electron chi connectivity index (χ1n) is 15.8. The summed E-state index contributed by atoms with van der Waals surface area (Å²) in [4.78, 5) is 39.4. The molecule has 1 heterocycles. The molecular formula is C35H46BrF2N5O4. The summed E-state index contributed by atoms with van der Waals surface area (Å²) in [6.45, 7) is 9.66. The highest BCUT2D eigenvalue weighted by Crippen LogP contribution is 2.41. The summed E-state index contributed by atoms with van der Waals surface area (Å²) in [5.74, 6) is -1.72. The van der Waals surface area contributed by atoms with Crippen LogP contribution in [0.3, 0.4) is 0 Å². The van der Waals surface area contributed by atoms with E-state index in [2.05, 4.69) is 26.6 Å². The van der Waals surface area contributed by atoms with E-state index in [1.54, 1.807) is 18.0 Å². The van der Waals surface area contributed by atoms with Gasteiger partial charge in [-0.15, -0.1) is 0 Å². The Morgan fingerprint density at radius 1 is 1.02 bits per heavy atom. The molecule has 4 N–H and O–H groups in total. The van der Waals surface area contributed by atoms with Gasteiger partial charge in [0.05, 0.1) is 30.6 Å². The maximum atomic E-state index is 15.0. The number of rotatable bonds is 17. The SMILES string of the molecule is CCC(=O)N(CC[C@H](N)C(=O)NCCOCCNC(=O)CBr)[C@@H](c1cc(-c2cc(F)ccc2F)cn1Cc1ccccc1)C(C)(C)C. The van der Waals surface area contributed by atoms with E-state index in [-0.39, 0.29) is 61.2 Å². The number of aromatic nitrogens is 1. The molecule has 9 nitrogen and oxygen atoms in total. The molecule has 0 bridgehead atoms. The standard InChI is InChI=1S/C35H46BrF2N5O4/c1-5-32(45)43(16-13-29(39)34(46)41-15-18-47-17-14-40-31(44)21-36)33(35(2,3)4)30-19-25(27-20-26(37)11-12-28(27)38)23-42(30)22-24-9-7-6-8-10-24/h6-12,19-20,23,29,33H,5,13-18,21-22,39H2,1-4H3,(H,40,44)(H,41,46)/t29-,33-/m0/s1. The molecule has 0 aliphatic heterocycles. The molecule has 1 aromatic heterocycles. The van der Waals surface area contributed by atoms with Crippen LogP contribution in [0.5, 0.6) is 0 Å². The maximum Gasteiger partial charge on any atom is 0.237 e. The molecule has 0 saturated heterocycles. The monoisotopic (exact) mass is 717 g/mol. The van der Waals surface area contributed by atoms with Crippen LogP contribution < -0.4 is 16.4 Å². The minimum Gasteiger partial charge on any atom is -0.378 e. The highest BCUT2D eigenvalue weighted by molar-refractivity contribution is 9.09. The van der Waals surface area contributed by atoms with Crippen molar-refractivity contribution in [2.75, 3.05) is 38.2 Å². The topological polar surface area (TPSA) is 119 Å². The average molecular weight is 719 g/mol. The van der Waals surface area contributed by atoms with Crippen LogP contribution in [-0.2, 0) is 25.7 Å². The minimum atomic E-state index is -0.881. The summed E-state index contributed by atoms with van der Waals surface area (Å²) in [5.41, 5.74) is 8.17. The lowest BCUT2D eigenvalue weighted by molar-refractivity contribution is -0.137. The van der Waals surface area contributed by atoms with E-state index in [1.165, 1.54) is 6.07 Å². The Bertz CT molecular complexity index is 1480. The third-order valence-electron chi connectivity index (χ3n) is 7.65. The Balaban J connectivity index is 1.83. The molecule has 47 heavy (non-hydrogen) atoms. The van der Waals surface area contributed by atoms with Crippen LogP contribution in [0.2, 0.25) is 0 Å². The van der Waals surface area contributed by atoms with Crippen molar-refractivity contribution < 1.29 is 27.9 Å². The van der Waals surface area contributed by atoms with Crippen molar-refractivity contribution in [3.8, 4) is 11.1 Å². The molecule has 12 heteroatoms. The second-order valence-electron chi connectivity index (χ2n) is 12.4. The number of nitrogens with one attached hydrogen (secondary N) is 2. The summed E-state index contributed by atoms with van der Waals surface area (Å²) in [6.07, 6.45) is 2.23. The minimum absolute atomic E-state index is 0.121. The summed E-state index contributed by atoms with van der Waals surface area (Å²) < 4.78 is 36.6. The first-order chi connectivity index (χ1) is 22.3. The highest BCUT2D eigenvalue weighted by atomic mass is 79.9. The van der Waals surface area contributed by atoms with Crippen molar-refractivity contribution in [2.45, 2.75) is 59.2 Å². The number of nitrogens with two attached hydrogens (primary N) is 1. The molecule has 2 atom stereocenters. The first-order valence-corrected chi connectivity index (χ1v) is 16.9. The fourth-order valence-corrected chi connectivity index (χ4v) is 5.61. The molecule has 0 unspecified atom stereocenters. The highest BCUT2D eigenvalue weighted by Gasteiger charge is 2.37. The number of halogens is 3. The lowest BCUT2D eigenvalue weighted by atomic mass is 9.82. The molecule has 3 rings (SSSR count). The second kappa shape index (κ2) is 18.1. The molecule has 0 aliphatic rings. The van der Waals surface area contributed by atoms with Gasteiger partial charge in [0.2, 0.25) is 17.7 Å². The Morgan fingerprint density at radius 3 is 2.34 bits per heavy atom. The van der Waals surface area contributed by atoms with Crippen LogP contribution >= 0.6 is 15.9 Å². The largest absolute Gasteiger partial charge is 0.378 e. The molecule has 3 aromatic rings. The predicted octanol–water partition coefficient (Wildman–Crippen LogP) is 5.17. The molecule has 0 spiro atoms. The zero-order chi connectivity index (χ0) is 34.6. The summed E-state index contributed by atoms with van der Waals surface area (Å²) >= 11 is 3.07. The molecule has 2 aromatic carbocycles. The van der Waals surface area contributed by atoms with E-state index in [9.17, 15) is 23.2 Å². The first kappa shape index (κ1) is 37.8. The van der Waals surface area contributed by atoms with Gasteiger partial charge in [-0.1, -0.05) is 74.0 Å². The third-order valence-corrected chi connectivity index (χ3v) is 8.16. The molecular weight excluding hydrogens is 672 g/mol. The fraction of sp³-hybridized carbons (Fsp3) is 0.457. The van der Waals surface area contributed by atoms with Gasteiger partial charge in [0.15, 0.2) is 0 Å². The van der Waals surface area contributed by atoms with Gasteiger partial charge in [-0.3, -0.25) is 14.4 Å². The zero-order valence-electron chi connectivity index (χ0n) is 27.5. The number of benzene rings is 2. The van der Waals surface area contributed by atoms with E-state index >= 15 is 0 Å². The van der Waals surface area contributed by atoms with E-state index in [1.807, 2.05) is 61.7 Å². The van der Waals surface area contributed by atoms with Crippen molar-refractivity contribution >= 4 is 33.7 Å². The molecule has 0 radical (unpaired) electrons. The van der Waals surface area contributed by atoms with E-state index in [0.717, 1.165) is 23.4 Å². The van der Waals surface area contributed by atoms with Crippen molar-refractivity contribution in [3.05, 3.63) is 83.7 Å². The molecule has 0 fully saturated rings. The lowest BCUT2D eigenvalue weighted by Gasteiger charge is -2.41. The summed E-state index contributed by atoms with van der Waals surface area (Å²) in [5, 5.41) is 5.65. The van der Waals surface area contributed by atoms with Gasteiger partial charge in [0.25, 0.3) is 0 Å². The normalized spacial score (nSPS) is 12.8. The van der Waals surface area contributed by atoms with Crippen LogP contribution in [0.1, 0.15) is 57.8 Å². The number of carbonyl (C=O) groups is 3. The number of amides is 3. The average Bonchev–Trinajstić information content (AvgIpc) is 3.44. The third kappa shape index (κ3) is 11.3. The molecule has 3 amide bonds. The van der Waals surface area contributed by atoms with E-state index in [4.69, 9.17) is 10.5 Å². The van der Waals surface area contributed by atoms with Crippen LogP contribution in [0, 0.1) is 17.0 Å². The van der Waals surface area contributed by atoms with Gasteiger partial charge in [-0.05, 0) is 41.7 Å². The van der Waals surface area contributed by atoms with Crippen molar-refractivity contribution in [1.82, 2.24) is 20.1 Å². The van der Waals surface area contributed by atoms with Crippen molar-refractivity contribution in [3.63, 3.8) is 0 Å². The van der Waals surface area contributed by atoms with Gasteiger partial charge in [0.1, 0.15) is 11.6 Å². The van der Waals surface area contributed by atoms with Gasteiger partial charge in [-0.25, -0.2) is 8.78 Å². The number of hydrogen-bond acceptors (Lipinski definition) is 5. The lowest BCUT2D eigenvalue weighted by Crippen LogP contribution is -2.47. The maximum absolute atomic E-state index is 15.0. The van der Waals surface area contributed by atoms with Crippen LogP contribution in [-0.4, -0.2) is 71.4 Å². The van der Waals surface area contributed by atoms with Crippen LogP contribution in [0.4, 0.5) is 8.78 Å². The molecule has 0 saturated carbocycles. The fourth-order valence-electron chi connectivity index (χ4n) is 5.41. The van der Waals surface area contributed by atoms with Gasteiger partial charge >= 0.3 is 0 Å². The second-order valence-corrected chi connectivity index (χ2v) is 12.9. The van der Waals surface area contributed by atoms with Gasteiger partial charge in [0, 0.05) is 55.6 Å². The quantitative estimate of drug-likeness (QED) is 0.132. The van der Waals surface area contributed by atoms with E-state index < -0.39 is 29.1 Å². The molecule has 256 valence electrons. The van der Waals surface area contributed by atoms with Crippen molar-refractivity contribution in [1.29, 1.82) is 0 Å². The molecule has 0 aliphatic carbocycles. The van der Waals surface area contributed by atoms with Crippen LogP contribution in [0.15, 0.2) is 60.8 Å². The predicted molar refractivity (Wildman–Crippen MR) is 183 cm³/mol. The number of hydrogen-bond donors (Lipinski definition) is 3. The van der Waals surface area contributed by atoms with Gasteiger partial charge < -0.3 is 30.6 Å². The zero-order valence-corrected chi connectivity index (χ0v) is 29.1. The Morgan fingerprint density at radius 2 is 1.70 bits per heavy atom. The van der Waals surface area contributed by atoms with Crippen molar-refractivity contribution in [2.24, 2.45) is 11.1 Å².